The van der Waals surface area contributed by atoms with Gasteiger partial charge in [-0.05, 0) is 60.0 Å². The van der Waals surface area contributed by atoms with E-state index >= 15 is 0 Å². The smallest absolute Gasteiger partial charge is 0.335 e. The summed E-state index contributed by atoms with van der Waals surface area (Å²) in [5.74, 6) is -0.356. The second kappa shape index (κ2) is 14.5. The quantitative estimate of drug-likeness (QED) is 0.0782. The molecule has 12 nitrogen and oxygen atoms in total. The van der Waals surface area contributed by atoms with Crippen LogP contribution in [0, 0.1) is 10.1 Å². The number of hydrogen-bond donors (Lipinski definition) is 1. The molecule has 4 aromatic rings. The molecule has 0 aromatic heterocycles. The second-order valence-electron chi connectivity index (χ2n) is 10.0. The summed E-state index contributed by atoms with van der Waals surface area (Å²) < 4.78 is 23.3. The maximum absolute atomic E-state index is 13.3. The number of ether oxygens (including phenoxy) is 4. The van der Waals surface area contributed by atoms with E-state index in [-0.39, 0.29) is 34.5 Å². The molecular weight excluding hydrogens is 630 g/mol. The number of halogens is 1. The second-order valence-corrected chi connectivity index (χ2v) is 10.5. The van der Waals surface area contributed by atoms with Crippen molar-refractivity contribution in [3.8, 4) is 23.0 Å². The van der Waals surface area contributed by atoms with Gasteiger partial charge in [-0.1, -0.05) is 54.1 Å². The monoisotopic (exact) mass is 657 g/mol. The van der Waals surface area contributed by atoms with Crippen molar-refractivity contribution < 1.29 is 38.3 Å². The Labute approximate surface area is 274 Å². The molecule has 0 atom stereocenters. The number of carbonyl (C=O) groups excluding carboxylic acids is 3. The molecule has 0 radical (unpaired) electrons. The van der Waals surface area contributed by atoms with Gasteiger partial charge in [-0.2, -0.15) is 0 Å². The van der Waals surface area contributed by atoms with Crippen LogP contribution in [-0.2, 0) is 22.8 Å². The third kappa shape index (κ3) is 7.51. The number of anilines is 1. The maximum atomic E-state index is 13.3. The summed E-state index contributed by atoms with van der Waals surface area (Å²) in [5, 5.41) is 13.4. The molecule has 0 unspecified atom stereocenters. The van der Waals surface area contributed by atoms with E-state index in [4.69, 9.17) is 30.5 Å². The third-order valence-electron chi connectivity index (χ3n) is 6.89. The molecule has 5 rings (SSSR count). The number of benzene rings is 4. The van der Waals surface area contributed by atoms with Crippen molar-refractivity contribution in [2.45, 2.75) is 20.1 Å². The van der Waals surface area contributed by atoms with E-state index in [0.717, 1.165) is 17.2 Å². The predicted molar refractivity (Wildman–Crippen MR) is 173 cm³/mol. The van der Waals surface area contributed by atoms with E-state index in [1.807, 2.05) is 49.4 Å². The molecule has 4 aromatic carbocycles. The van der Waals surface area contributed by atoms with Gasteiger partial charge in [0.05, 0.1) is 29.4 Å². The van der Waals surface area contributed by atoms with Gasteiger partial charge in [0.1, 0.15) is 18.8 Å². The molecule has 1 N–H and O–H groups in total. The first-order valence-corrected chi connectivity index (χ1v) is 14.6. The molecule has 0 spiro atoms. The van der Waals surface area contributed by atoms with Gasteiger partial charge in [-0.3, -0.25) is 25.0 Å². The lowest BCUT2D eigenvalue weighted by Gasteiger charge is -2.26. The first-order valence-electron chi connectivity index (χ1n) is 14.3. The van der Waals surface area contributed by atoms with Crippen molar-refractivity contribution in [3.63, 3.8) is 0 Å². The van der Waals surface area contributed by atoms with Crippen molar-refractivity contribution in [2.75, 3.05) is 18.6 Å². The first kappa shape index (κ1) is 32.5. The number of nitrogens with one attached hydrogen (secondary N) is 1. The topological polar surface area (TPSA) is 147 Å². The summed E-state index contributed by atoms with van der Waals surface area (Å²) in [6, 6.07) is 22.1. The van der Waals surface area contributed by atoms with E-state index in [1.54, 1.807) is 6.07 Å². The Balaban J connectivity index is 1.35. The minimum absolute atomic E-state index is 0.0808. The Kier molecular flexibility index (Phi) is 10.0. The van der Waals surface area contributed by atoms with Crippen LogP contribution in [0.3, 0.4) is 0 Å². The van der Waals surface area contributed by atoms with Gasteiger partial charge in [0.2, 0.25) is 0 Å². The van der Waals surface area contributed by atoms with Gasteiger partial charge >= 0.3 is 6.03 Å². The molecule has 4 amide bonds. The number of amides is 4. The van der Waals surface area contributed by atoms with Crippen LogP contribution in [0.25, 0.3) is 6.08 Å². The van der Waals surface area contributed by atoms with Crippen LogP contribution >= 0.6 is 11.6 Å². The number of hydrogen-bond acceptors (Lipinski definition) is 9. The van der Waals surface area contributed by atoms with Crippen molar-refractivity contribution in [3.05, 3.63) is 122 Å². The number of nitro groups is 1. The summed E-state index contributed by atoms with van der Waals surface area (Å²) in [6.45, 7) is 2.78. The van der Waals surface area contributed by atoms with Crippen molar-refractivity contribution in [2.24, 2.45) is 0 Å². The van der Waals surface area contributed by atoms with E-state index in [9.17, 15) is 24.5 Å². The lowest BCUT2D eigenvalue weighted by atomic mass is 10.1. The largest absolute Gasteiger partial charge is 0.493 e. The van der Waals surface area contributed by atoms with E-state index in [1.165, 1.54) is 43.5 Å². The molecule has 1 saturated heterocycles. The summed E-state index contributed by atoms with van der Waals surface area (Å²) in [5.41, 5.74) is 1.26. The molecule has 240 valence electrons. The Morgan fingerprint density at radius 2 is 1.62 bits per heavy atom. The molecular formula is C34H28ClN3O9. The number of rotatable bonds is 12. The molecule has 0 bridgehead atoms. The van der Waals surface area contributed by atoms with Crippen LogP contribution in [0.15, 0.2) is 90.5 Å². The number of urea groups is 1. The fourth-order valence-electron chi connectivity index (χ4n) is 4.69. The highest BCUT2D eigenvalue weighted by Gasteiger charge is 2.37. The maximum Gasteiger partial charge on any atom is 0.335 e. The summed E-state index contributed by atoms with van der Waals surface area (Å²) in [4.78, 5) is 49.7. The van der Waals surface area contributed by atoms with E-state index < -0.39 is 28.3 Å². The fraction of sp³-hybridized carbons (Fsp3) is 0.147. The summed E-state index contributed by atoms with van der Waals surface area (Å²) in [7, 11) is 1.41. The standard InChI is InChI=1S/C34H28ClN3O9/c1-3-45-29-16-22(12-13-28(29)46-19-21-8-5-4-6-9-21)20-47-31-27(35)15-23(17-30(31)44-2)14-26-32(39)36-34(41)37(33(26)40)24-10-7-11-25(18-24)38(42)43/h4-18H,3,19-20H2,1-2H3,(H,36,39,41)/b26-14-. The zero-order valence-corrected chi connectivity index (χ0v) is 26.0. The van der Waals surface area contributed by atoms with Gasteiger partial charge < -0.3 is 18.9 Å². The number of methoxy groups -OCH3 is 1. The number of nitro benzene ring substituents is 1. The molecule has 1 aliphatic heterocycles. The highest BCUT2D eigenvalue weighted by molar-refractivity contribution is 6.39. The minimum Gasteiger partial charge on any atom is -0.493 e. The molecule has 0 saturated carbocycles. The molecule has 0 aliphatic carbocycles. The van der Waals surface area contributed by atoms with E-state index in [0.29, 0.717) is 35.2 Å². The van der Waals surface area contributed by atoms with Crippen LogP contribution in [-0.4, -0.2) is 36.5 Å². The van der Waals surface area contributed by atoms with Crippen LogP contribution in [0.5, 0.6) is 23.0 Å². The van der Waals surface area contributed by atoms with Crippen LogP contribution < -0.4 is 29.2 Å². The average molecular weight is 658 g/mol. The van der Waals surface area contributed by atoms with Crippen LogP contribution in [0.4, 0.5) is 16.2 Å². The molecule has 47 heavy (non-hydrogen) atoms. The Morgan fingerprint density at radius 1 is 0.851 bits per heavy atom. The van der Waals surface area contributed by atoms with Crippen molar-refractivity contribution >= 4 is 46.9 Å². The fourth-order valence-corrected chi connectivity index (χ4v) is 4.96. The third-order valence-corrected chi connectivity index (χ3v) is 7.17. The SMILES string of the molecule is CCOc1cc(COc2c(Cl)cc(/C=C3/C(=O)NC(=O)N(c4cccc([N+](=O)[O-])c4)C3=O)cc2OC)ccc1OCc1ccccc1. The van der Waals surface area contributed by atoms with E-state index in [2.05, 4.69) is 5.32 Å². The van der Waals surface area contributed by atoms with Crippen molar-refractivity contribution in [1.29, 1.82) is 0 Å². The number of carbonyl (C=O) groups is 3. The Hall–Kier alpha value is -5.88. The van der Waals surface area contributed by atoms with Gasteiger partial charge in [-0.15, -0.1) is 0 Å². The number of nitrogens with zero attached hydrogens (tertiary/aromatic N) is 2. The zero-order chi connectivity index (χ0) is 33.5. The summed E-state index contributed by atoms with van der Waals surface area (Å²) >= 11 is 6.58. The Bertz CT molecular complexity index is 1880. The zero-order valence-electron chi connectivity index (χ0n) is 25.2. The number of barbiturate groups is 1. The van der Waals surface area contributed by atoms with Crippen molar-refractivity contribution in [1.82, 2.24) is 5.32 Å². The van der Waals surface area contributed by atoms with Crippen LogP contribution in [0.1, 0.15) is 23.6 Å². The van der Waals surface area contributed by atoms with Gasteiger partial charge in [0, 0.05) is 12.1 Å². The molecule has 1 aliphatic rings. The lowest BCUT2D eigenvalue weighted by Crippen LogP contribution is -2.54. The highest BCUT2D eigenvalue weighted by Crippen LogP contribution is 2.38. The van der Waals surface area contributed by atoms with Gasteiger partial charge in [-0.25, -0.2) is 9.69 Å². The lowest BCUT2D eigenvalue weighted by molar-refractivity contribution is -0.384. The highest BCUT2D eigenvalue weighted by atomic mass is 35.5. The average Bonchev–Trinajstić information content (AvgIpc) is 3.06. The normalized spacial score (nSPS) is 13.7. The molecule has 1 heterocycles. The van der Waals surface area contributed by atoms with Crippen LogP contribution in [0.2, 0.25) is 5.02 Å². The molecule has 1 fully saturated rings. The number of imide groups is 2. The number of non-ortho nitro benzene ring substituents is 1. The minimum atomic E-state index is -1.04. The van der Waals surface area contributed by atoms with Gasteiger partial charge in [0.25, 0.3) is 17.5 Å². The summed E-state index contributed by atoms with van der Waals surface area (Å²) in [6.07, 6.45) is 1.23. The Morgan fingerprint density at radius 3 is 2.34 bits per heavy atom. The molecule has 13 heteroatoms. The predicted octanol–water partition coefficient (Wildman–Crippen LogP) is 6.48. The first-order chi connectivity index (χ1) is 22.7. The van der Waals surface area contributed by atoms with Gasteiger partial charge in [0.15, 0.2) is 23.0 Å².